The molecular weight excluding hydrogens is 385 g/mol. The van der Waals surface area contributed by atoms with Gasteiger partial charge >= 0.3 is 5.97 Å². The molecule has 126 valence electrons. The summed E-state index contributed by atoms with van der Waals surface area (Å²) in [6, 6.07) is 11.1. The minimum absolute atomic E-state index is 0.208. The maximum atomic E-state index is 12.4. The fraction of sp³-hybridized carbons (Fsp3) is 0. The zero-order chi connectivity index (χ0) is 18.0. The second-order valence-corrected chi connectivity index (χ2v) is 6.73. The van der Waals surface area contributed by atoms with Gasteiger partial charge in [-0.15, -0.1) is 0 Å². The van der Waals surface area contributed by atoms with E-state index in [2.05, 4.69) is 5.32 Å². The molecule has 1 N–H and O–H groups in total. The number of benzene rings is 2. The lowest BCUT2D eigenvalue weighted by molar-refractivity contribution is -0.115. The van der Waals surface area contributed by atoms with Crippen molar-refractivity contribution in [3.8, 4) is 5.75 Å². The van der Waals surface area contributed by atoms with E-state index >= 15 is 0 Å². The second-order valence-electron chi connectivity index (χ2n) is 4.90. The summed E-state index contributed by atoms with van der Waals surface area (Å²) < 4.78 is 5.30. The zero-order valence-corrected chi connectivity index (χ0v) is 14.7. The maximum Gasteiger partial charge on any atom is 0.344 e. The van der Waals surface area contributed by atoms with Gasteiger partial charge in [0, 0.05) is 6.07 Å². The smallest absolute Gasteiger partial charge is 0.344 e. The van der Waals surface area contributed by atoms with Crippen LogP contribution in [0.5, 0.6) is 5.75 Å². The van der Waals surface area contributed by atoms with Crippen molar-refractivity contribution in [3.05, 3.63) is 68.5 Å². The van der Waals surface area contributed by atoms with Gasteiger partial charge in [-0.2, -0.15) is 0 Å². The van der Waals surface area contributed by atoms with E-state index in [1.165, 1.54) is 24.3 Å². The third kappa shape index (κ3) is 4.04. The number of carbonyl (C=O) groups excluding carboxylic acids is 3. The number of esters is 1. The van der Waals surface area contributed by atoms with Gasteiger partial charge in [0.05, 0.1) is 20.5 Å². The summed E-state index contributed by atoms with van der Waals surface area (Å²) in [7, 11) is 0. The van der Waals surface area contributed by atoms with Gasteiger partial charge in [0.15, 0.2) is 0 Å². The van der Waals surface area contributed by atoms with Gasteiger partial charge in [0.2, 0.25) is 0 Å². The number of thioether (sulfide) groups is 1. The summed E-state index contributed by atoms with van der Waals surface area (Å²) in [5, 5.41) is 2.32. The Morgan fingerprint density at radius 2 is 1.84 bits per heavy atom. The second kappa shape index (κ2) is 7.31. The Hall–Kier alpha value is -2.28. The number of carbonyl (C=O) groups is 3. The average molecular weight is 394 g/mol. The summed E-state index contributed by atoms with van der Waals surface area (Å²) in [4.78, 5) is 35.6. The molecule has 0 unspecified atom stereocenters. The molecule has 1 saturated heterocycles. The first kappa shape index (κ1) is 17.5. The van der Waals surface area contributed by atoms with Gasteiger partial charge in [-0.05, 0) is 41.6 Å². The Bertz CT molecular complexity index is 927. The van der Waals surface area contributed by atoms with Crippen LogP contribution in [0.25, 0.3) is 6.08 Å². The van der Waals surface area contributed by atoms with E-state index in [0.717, 1.165) is 11.8 Å². The maximum absolute atomic E-state index is 12.4. The van der Waals surface area contributed by atoms with Crippen LogP contribution in [0.2, 0.25) is 10.0 Å². The minimum atomic E-state index is -0.624. The highest BCUT2D eigenvalue weighted by molar-refractivity contribution is 8.18. The SMILES string of the molecule is O=C1NC(=O)C(=Cc2ccccc2C(=O)Oc2ccc(Cl)c(Cl)c2)S1. The van der Waals surface area contributed by atoms with Crippen LogP contribution >= 0.6 is 35.0 Å². The van der Waals surface area contributed by atoms with Crippen LogP contribution in [0.4, 0.5) is 4.79 Å². The lowest BCUT2D eigenvalue weighted by Gasteiger charge is -2.08. The van der Waals surface area contributed by atoms with E-state index in [-0.39, 0.29) is 21.2 Å². The van der Waals surface area contributed by atoms with E-state index in [9.17, 15) is 14.4 Å². The standard InChI is InChI=1S/C17H9Cl2NO4S/c18-12-6-5-10(8-13(12)19)24-16(22)11-4-2-1-3-9(11)7-14-15(21)20-17(23)25-14/h1-8H,(H,20,21,23). The van der Waals surface area contributed by atoms with Crippen molar-refractivity contribution in [2.75, 3.05) is 0 Å². The largest absolute Gasteiger partial charge is 0.423 e. The first-order valence-electron chi connectivity index (χ1n) is 6.95. The molecule has 1 fully saturated rings. The molecule has 0 aromatic heterocycles. The highest BCUT2D eigenvalue weighted by atomic mass is 35.5. The number of amides is 2. The van der Waals surface area contributed by atoms with Gasteiger partial charge < -0.3 is 4.74 Å². The Morgan fingerprint density at radius 1 is 1.08 bits per heavy atom. The van der Waals surface area contributed by atoms with Crippen molar-refractivity contribution in [2.45, 2.75) is 0 Å². The molecule has 8 heteroatoms. The van der Waals surface area contributed by atoms with Crippen molar-refractivity contribution >= 4 is 58.2 Å². The zero-order valence-electron chi connectivity index (χ0n) is 12.4. The topological polar surface area (TPSA) is 72.5 Å². The summed E-state index contributed by atoms with van der Waals surface area (Å²) in [5.41, 5.74) is 0.703. The molecule has 2 aromatic carbocycles. The lowest BCUT2D eigenvalue weighted by atomic mass is 10.1. The van der Waals surface area contributed by atoms with Crippen LogP contribution in [0, 0.1) is 0 Å². The molecular formula is C17H9Cl2NO4S. The van der Waals surface area contributed by atoms with Crippen LogP contribution < -0.4 is 10.1 Å². The van der Waals surface area contributed by atoms with Crippen molar-refractivity contribution in [2.24, 2.45) is 0 Å². The van der Waals surface area contributed by atoms with Gasteiger partial charge in [-0.3, -0.25) is 14.9 Å². The van der Waals surface area contributed by atoms with Crippen LogP contribution in [0.15, 0.2) is 47.4 Å². The third-order valence-corrected chi connectivity index (χ3v) is 4.76. The molecule has 1 heterocycles. The van der Waals surface area contributed by atoms with Crippen molar-refractivity contribution in [1.82, 2.24) is 5.32 Å². The van der Waals surface area contributed by atoms with E-state index in [0.29, 0.717) is 10.6 Å². The highest BCUT2D eigenvalue weighted by Crippen LogP contribution is 2.29. The molecule has 0 radical (unpaired) electrons. The number of hydrogen-bond acceptors (Lipinski definition) is 5. The number of ether oxygens (including phenoxy) is 1. The fourth-order valence-corrected chi connectivity index (χ4v) is 3.03. The predicted octanol–water partition coefficient (Wildman–Crippen LogP) is 4.54. The number of rotatable bonds is 3. The Morgan fingerprint density at radius 3 is 2.52 bits per heavy atom. The molecule has 1 aliphatic heterocycles. The molecule has 2 amide bonds. The van der Waals surface area contributed by atoms with Crippen LogP contribution in [0.1, 0.15) is 15.9 Å². The number of halogens is 2. The summed E-state index contributed by atoms with van der Waals surface area (Å²) in [5.74, 6) is -0.881. The van der Waals surface area contributed by atoms with Gasteiger partial charge in [-0.25, -0.2) is 4.79 Å². The average Bonchev–Trinajstić information content (AvgIpc) is 2.89. The normalized spacial score (nSPS) is 15.4. The van der Waals surface area contributed by atoms with Crippen molar-refractivity contribution in [1.29, 1.82) is 0 Å². The molecule has 0 atom stereocenters. The van der Waals surface area contributed by atoms with Gasteiger partial charge in [0.1, 0.15) is 5.75 Å². The molecule has 0 bridgehead atoms. The Labute approximate surface area is 156 Å². The molecule has 0 saturated carbocycles. The molecule has 0 aliphatic carbocycles. The quantitative estimate of drug-likeness (QED) is 0.470. The fourth-order valence-electron chi connectivity index (χ4n) is 2.07. The van der Waals surface area contributed by atoms with E-state index in [4.69, 9.17) is 27.9 Å². The Balaban J connectivity index is 1.88. The van der Waals surface area contributed by atoms with Crippen molar-refractivity contribution in [3.63, 3.8) is 0 Å². The highest BCUT2D eigenvalue weighted by Gasteiger charge is 2.25. The summed E-state index contributed by atoms with van der Waals surface area (Å²) in [6.07, 6.45) is 1.47. The van der Waals surface area contributed by atoms with Crippen molar-refractivity contribution < 1.29 is 19.1 Å². The third-order valence-electron chi connectivity index (χ3n) is 3.21. The van der Waals surface area contributed by atoms with Gasteiger partial charge in [0.25, 0.3) is 11.1 Å². The monoisotopic (exact) mass is 393 g/mol. The number of nitrogens with one attached hydrogen (secondary N) is 1. The molecule has 5 nitrogen and oxygen atoms in total. The molecule has 2 aromatic rings. The van der Waals surface area contributed by atoms with Crippen LogP contribution in [-0.4, -0.2) is 17.1 Å². The number of imide groups is 1. The van der Waals surface area contributed by atoms with E-state index in [1.54, 1.807) is 24.3 Å². The molecule has 0 spiro atoms. The van der Waals surface area contributed by atoms with Gasteiger partial charge in [-0.1, -0.05) is 41.4 Å². The van der Waals surface area contributed by atoms with Crippen LogP contribution in [-0.2, 0) is 4.79 Å². The van der Waals surface area contributed by atoms with E-state index < -0.39 is 17.1 Å². The molecule has 25 heavy (non-hydrogen) atoms. The lowest BCUT2D eigenvalue weighted by Crippen LogP contribution is -2.18. The molecule has 1 aliphatic rings. The first-order chi connectivity index (χ1) is 11.9. The first-order valence-corrected chi connectivity index (χ1v) is 8.52. The summed E-state index contributed by atoms with van der Waals surface area (Å²) in [6.45, 7) is 0. The predicted molar refractivity (Wildman–Crippen MR) is 97.0 cm³/mol. The Kier molecular flexibility index (Phi) is 5.13. The molecule has 3 rings (SSSR count). The van der Waals surface area contributed by atoms with Crippen LogP contribution in [0.3, 0.4) is 0 Å². The minimum Gasteiger partial charge on any atom is -0.423 e. The summed E-state index contributed by atoms with van der Waals surface area (Å²) >= 11 is 12.5. The number of hydrogen-bond donors (Lipinski definition) is 1. The van der Waals surface area contributed by atoms with E-state index in [1.807, 2.05) is 0 Å².